The van der Waals surface area contributed by atoms with E-state index in [1.807, 2.05) is 30.3 Å². The molecule has 5 heteroatoms. The first-order valence-corrected chi connectivity index (χ1v) is 4.59. The van der Waals surface area contributed by atoms with Gasteiger partial charge in [0.05, 0.1) is 0 Å². The summed E-state index contributed by atoms with van der Waals surface area (Å²) in [6, 6.07) is 9.89. The molecule has 2 nitrogen and oxygen atoms in total. The van der Waals surface area contributed by atoms with Crippen LogP contribution in [0.1, 0.15) is 0 Å². The fourth-order valence-electron chi connectivity index (χ4n) is 1.16. The van der Waals surface area contributed by atoms with Gasteiger partial charge in [-0.2, -0.15) is 0 Å². The molecule has 0 aliphatic heterocycles. The average molecular weight is 306 g/mol. The van der Waals surface area contributed by atoms with Gasteiger partial charge in [-0.25, -0.2) is 0 Å². The zero-order chi connectivity index (χ0) is 8.39. The number of benzene rings is 1. The first kappa shape index (κ1) is 13.9. The van der Waals surface area contributed by atoms with Gasteiger partial charge >= 0.3 is 86.1 Å². The van der Waals surface area contributed by atoms with Crippen LogP contribution in [0, 0.1) is 0 Å². The number of hydrogen-bond acceptors (Lipinski definition) is 2. The molecule has 0 bridgehead atoms. The third kappa shape index (κ3) is 2.69. The molecule has 0 aliphatic rings. The standard InChI is InChI=1S/C9H7NO.2ClH.Zr/c11-8-5-1-3-7-4-2-6-10-9(7)8;;;/h1-6,11H;2*1H;/q;;;+3/p-3. The Morgan fingerprint density at radius 1 is 1.07 bits per heavy atom. The van der Waals surface area contributed by atoms with Crippen LogP contribution in [-0.4, -0.2) is 4.98 Å². The van der Waals surface area contributed by atoms with E-state index in [1.54, 1.807) is 6.20 Å². The predicted molar refractivity (Wildman–Crippen MR) is 42.4 cm³/mol. The topological polar surface area (TPSA) is 22.1 Å². The van der Waals surface area contributed by atoms with Gasteiger partial charge < -0.3 is 24.8 Å². The predicted octanol–water partition coefficient (Wildman–Crippen LogP) is -3.92. The van der Waals surface area contributed by atoms with E-state index in [1.165, 1.54) is 0 Å². The molecule has 0 fully saturated rings. The molecule has 0 radical (unpaired) electrons. The van der Waals surface area contributed by atoms with Crippen LogP contribution in [0.4, 0.5) is 0 Å². The Kier molecular flexibility index (Phi) is 6.34. The van der Waals surface area contributed by atoms with E-state index in [0.717, 1.165) is 41.8 Å². The summed E-state index contributed by atoms with van der Waals surface area (Å²) in [4.78, 5) is 4.24. The molecule has 2 aromatic rings. The number of nitrogens with zero attached hydrogens (tertiary/aromatic N) is 1. The molecule has 0 N–H and O–H groups in total. The minimum absolute atomic E-state index is 0. The second kappa shape index (κ2) is 6.39. The quantitative estimate of drug-likeness (QED) is 0.537. The third-order valence-corrected chi connectivity index (χ3v) is 2.25. The van der Waals surface area contributed by atoms with Gasteiger partial charge in [-0.15, -0.1) is 0 Å². The number of fused-ring (bicyclic) bond motifs is 1. The van der Waals surface area contributed by atoms with Gasteiger partial charge in [0.15, 0.2) is 0 Å². The number of hydrogen-bond donors (Lipinski definition) is 0. The summed E-state index contributed by atoms with van der Waals surface area (Å²) in [5.74, 6) is 0.867. The maximum atomic E-state index is 5.25. The SMILES string of the molecule is [Cl-].[Cl-].[Zr+2][O]c1cccc2cccnc12. The molecule has 14 heavy (non-hydrogen) atoms. The molecule has 0 saturated carbocycles. The summed E-state index contributed by atoms with van der Waals surface area (Å²) < 4.78 is 5.25. The van der Waals surface area contributed by atoms with Gasteiger partial charge in [-0.3, -0.25) is 0 Å². The first-order valence-electron chi connectivity index (χ1n) is 3.59. The third-order valence-electron chi connectivity index (χ3n) is 1.71. The normalized spacial score (nSPS) is 8.71. The van der Waals surface area contributed by atoms with Crippen molar-refractivity contribution in [3.05, 3.63) is 36.5 Å². The second-order valence-corrected chi connectivity index (χ2v) is 2.94. The van der Waals surface area contributed by atoms with Crippen LogP contribution in [0.25, 0.3) is 10.9 Å². The fourth-order valence-corrected chi connectivity index (χ4v) is 1.56. The van der Waals surface area contributed by atoms with Gasteiger partial charge in [0.2, 0.25) is 0 Å². The fraction of sp³-hybridized carbons (Fsp3) is 0. The molecule has 1 aromatic heterocycles. The average Bonchev–Trinajstić information content (AvgIpc) is 2.17. The zero-order valence-electron chi connectivity index (χ0n) is 7.08. The molecule has 1 aromatic carbocycles. The van der Waals surface area contributed by atoms with Crippen molar-refractivity contribution in [1.29, 1.82) is 0 Å². The summed E-state index contributed by atoms with van der Waals surface area (Å²) in [5.41, 5.74) is 0.941. The van der Waals surface area contributed by atoms with Crippen molar-refractivity contribution in [1.82, 2.24) is 4.98 Å². The summed E-state index contributed by atoms with van der Waals surface area (Å²) in [6.07, 6.45) is 1.78. The van der Waals surface area contributed by atoms with E-state index in [4.69, 9.17) is 2.81 Å². The van der Waals surface area contributed by atoms with Gasteiger partial charge in [0, 0.05) is 0 Å². The van der Waals surface area contributed by atoms with Crippen LogP contribution < -0.4 is 27.6 Å². The summed E-state index contributed by atoms with van der Waals surface area (Å²) in [7, 11) is 0. The zero-order valence-corrected chi connectivity index (χ0v) is 11.0. The van der Waals surface area contributed by atoms with Crippen molar-refractivity contribution in [3.63, 3.8) is 0 Å². The molecule has 0 spiro atoms. The number of para-hydroxylation sites is 1. The van der Waals surface area contributed by atoms with E-state index in [2.05, 4.69) is 4.98 Å². The van der Waals surface area contributed by atoms with Crippen molar-refractivity contribution < 1.29 is 52.8 Å². The Morgan fingerprint density at radius 2 is 1.79 bits per heavy atom. The van der Waals surface area contributed by atoms with Crippen LogP contribution in [-0.2, 0) is 25.2 Å². The van der Waals surface area contributed by atoms with E-state index in [9.17, 15) is 0 Å². The van der Waals surface area contributed by atoms with Crippen LogP contribution >= 0.6 is 0 Å². The van der Waals surface area contributed by atoms with E-state index < -0.39 is 0 Å². The number of halogens is 2. The summed E-state index contributed by atoms with van der Waals surface area (Å²) >= 11 is 1.04. The van der Waals surface area contributed by atoms with Crippen molar-refractivity contribution >= 4 is 10.9 Å². The molecule has 71 valence electrons. The van der Waals surface area contributed by atoms with Crippen molar-refractivity contribution in [2.45, 2.75) is 0 Å². The number of pyridine rings is 1. The van der Waals surface area contributed by atoms with Crippen LogP contribution in [0.15, 0.2) is 36.5 Å². The molecule has 2 rings (SSSR count). The monoisotopic (exact) mass is 304 g/mol. The van der Waals surface area contributed by atoms with Gasteiger partial charge in [0.1, 0.15) is 0 Å². The molecule has 0 atom stereocenters. The molecule has 0 aliphatic carbocycles. The minimum atomic E-state index is 0. The molecular formula is C9H6Cl2NOZr. The Balaban J connectivity index is 0.000000845. The van der Waals surface area contributed by atoms with Crippen LogP contribution in [0.2, 0.25) is 0 Å². The van der Waals surface area contributed by atoms with Gasteiger partial charge in [0.25, 0.3) is 0 Å². The van der Waals surface area contributed by atoms with E-state index >= 15 is 0 Å². The summed E-state index contributed by atoms with van der Waals surface area (Å²) in [6.45, 7) is 0. The van der Waals surface area contributed by atoms with Crippen LogP contribution in [0.3, 0.4) is 0 Å². The van der Waals surface area contributed by atoms with Gasteiger partial charge in [-0.1, -0.05) is 0 Å². The van der Waals surface area contributed by atoms with E-state index in [0.29, 0.717) is 0 Å². The number of rotatable bonds is 1. The number of aromatic nitrogens is 1. The first-order chi connectivity index (χ1) is 5.92. The molecule has 0 saturated heterocycles. The van der Waals surface area contributed by atoms with Crippen molar-refractivity contribution in [3.8, 4) is 5.75 Å². The Labute approximate surface area is 110 Å². The Hall–Kier alpha value is -0.107. The Bertz CT molecular complexity index is 405. The van der Waals surface area contributed by atoms with Crippen molar-refractivity contribution in [2.24, 2.45) is 0 Å². The molecular weight excluding hydrogens is 300 g/mol. The Morgan fingerprint density at radius 3 is 2.50 bits per heavy atom. The molecule has 0 unspecified atom stereocenters. The maximum absolute atomic E-state index is 5.25. The van der Waals surface area contributed by atoms with Crippen LogP contribution in [0.5, 0.6) is 5.75 Å². The molecule has 1 heterocycles. The van der Waals surface area contributed by atoms with Crippen molar-refractivity contribution in [2.75, 3.05) is 0 Å². The summed E-state index contributed by atoms with van der Waals surface area (Å²) in [5, 5.41) is 1.12. The second-order valence-electron chi connectivity index (χ2n) is 2.43. The van der Waals surface area contributed by atoms with E-state index in [-0.39, 0.29) is 24.8 Å². The molecule has 0 amide bonds. The van der Waals surface area contributed by atoms with Gasteiger partial charge in [-0.05, 0) is 0 Å².